The molecule has 3 nitrogen and oxygen atoms in total. The van der Waals surface area contributed by atoms with Crippen LogP contribution in [0.25, 0.3) is 0 Å². The molecule has 0 fully saturated rings. The van der Waals surface area contributed by atoms with Crippen molar-refractivity contribution in [2.24, 2.45) is 0 Å². The molecule has 0 saturated carbocycles. The molecule has 0 aromatic heterocycles. The topological polar surface area (TPSA) is 38.7 Å². The molecule has 0 heterocycles. The average Bonchev–Trinajstić information content (AvgIpc) is 2.16. The van der Waals surface area contributed by atoms with Crippen LogP contribution < -0.4 is 4.89 Å². The first kappa shape index (κ1) is 10.3. The molecule has 1 rings (SSSR count). The second kappa shape index (κ2) is 5.07. The zero-order valence-corrected chi connectivity index (χ0v) is 7.99. The van der Waals surface area contributed by atoms with Crippen LogP contribution in [0.15, 0.2) is 24.3 Å². The van der Waals surface area contributed by atoms with Crippen LogP contribution in [0, 0.1) is 0 Å². The summed E-state index contributed by atoms with van der Waals surface area (Å²) in [6.07, 6.45) is -0.337. The van der Waals surface area contributed by atoms with Crippen LogP contribution in [0.3, 0.4) is 0 Å². The van der Waals surface area contributed by atoms with Crippen molar-refractivity contribution >= 4 is 11.6 Å². The second-order valence-corrected chi connectivity index (χ2v) is 3.06. The molecule has 0 radical (unpaired) electrons. The highest BCUT2D eigenvalue weighted by molar-refractivity contribution is 6.30. The van der Waals surface area contributed by atoms with Crippen molar-refractivity contribution in [2.75, 3.05) is 6.61 Å². The van der Waals surface area contributed by atoms with Gasteiger partial charge in [0, 0.05) is 5.02 Å². The molecule has 0 amide bonds. The largest absolute Gasteiger partial charge is 0.394 e. The lowest BCUT2D eigenvalue weighted by atomic mass is 10.3. The number of rotatable bonds is 4. The molecule has 1 unspecified atom stereocenters. The Hall–Kier alpha value is -0.770. The first-order chi connectivity index (χ1) is 6.22. The minimum absolute atomic E-state index is 0.0758. The van der Waals surface area contributed by atoms with Crippen molar-refractivity contribution < 1.29 is 14.9 Å². The zero-order chi connectivity index (χ0) is 9.68. The van der Waals surface area contributed by atoms with Crippen LogP contribution >= 0.6 is 11.6 Å². The van der Waals surface area contributed by atoms with Crippen molar-refractivity contribution in [3.63, 3.8) is 0 Å². The Bertz CT molecular complexity index is 248. The molecule has 1 N–H and O–H groups in total. The van der Waals surface area contributed by atoms with Crippen LogP contribution in [0.1, 0.15) is 6.92 Å². The van der Waals surface area contributed by atoms with Gasteiger partial charge in [-0.05, 0) is 31.2 Å². The molecule has 0 aliphatic rings. The van der Waals surface area contributed by atoms with Crippen LogP contribution in [-0.4, -0.2) is 17.8 Å². The standard InChI is InChI=1S/C9H11ClO3/c1-7(6-11)12-13-9-4-2-8(10)3-5-9/h2-5,7,11H,6H2,1H3. The van der Waals surface area contributed by atoms with Gasteiger partial charge in [-0.2, -0.15) is 4.89 Å². The zero-order valence-electron chi connectivity index (χ0n) is 7.24. The van der Waals surface area contributed by atoms with Crippen LogP contribution in [0.2, 0.25) is 5.02 Å². The van der Waals surface area contributed by atoms with Gasteiger partial charge in [0.15, 0.2) is 5.75 Å². The maximum Gasteiger partial charge on any atom is 0.165 e. The molecule has 1 atom stereocenters. The number of halogens is 1. The van der Waals surface area contributed by atoms with E-state index < -0.39 is 0 Å². The van der Waals surface area contributed by atoms with Gasteiger partial charge in [0.25, 0.3) is 0 Å². The summed E-state index contributed by atoms with van der Waals surface area (Å²) in [6, 6.07) is 6.77. The second-order valence-electron chi connectivity index (χ2n) is 2.63. The minimum atomic E-state index is -0.337. The fraction of sp³-hybridized carbons (Fsp3) is 0.333. The lowest BCUT2D eigenvalue weighted by Crippen LogP contribution is -2.15. The molecule has 1 aromatic rings. The third-order valence-electron chi connectivity index (χ3n) is 1.38. The molecular formula is C9H11ClO3. The molecule has 0 aliphatic heterocycles. The van der Waals surface area contributed by atoms with Crippen molar-refractivity contribution in [3.8, 4) is 5.75 Å². The van der Waals surface area contributed by atoms with E-state index in [0.717, 1.165) is 0 Å². The molecule has 0 aliphatic carbocycles. The summed E-state index contributed by atoms with van der Waals surface area (Å²) in [6.45, 7) is 1.63. The third kappa shape index (κ3) is 3.63. The van der Waals surface area contributed by atoms with Gasteiger partial charge in [-0.15, -0.1) is 0 Å². The SMILES string of the molecule is CC(CO)OOc1ccc(Cl)cc1. The summed E-state index contributed by atoms with van der Waals surface area (Å²) in [7, 11) is 0. The Morgan fingerprint density at radius 1 is 1.38 bits per heavy atom. The van der Waals surface area contributed by atoms with Crippen LogP contribution in [0.5, 0.6) is 5.75 Å². The van der Waals surface area contributed by atoms with E-state index in [-0.39, 0.29) is 12.7 Å². The Kier molecular flexibility index (Phi) is 4.02. The fourth-order valence-electron chi connectivity index (χ4n) is 0.658. The molecule has 1 aromatic carbocycles. The van der Waals surface area contributed by atoms with Gasteiger partial charge in [0.2, 0.25) is 0 Å². The van der Waals surface area contributed by atoms with Crippen molar-refractivity contribution in [3.05, 3.63) is 29.3 Å². The molecule has 4 heteroatoms. The maximum absolute atomic E-state index is 8.63. The van der Waals surface area contributed by atoms with Crippen LogP contribution in [-0.2, 0) is 4.89 Å². The first-order valence-corrected chi connectivity index (χ1v) is 4.30. The van der Waals surface area contributed by atoms with E-state index in [0.29, 0.717) is 10.8 Å². The van der Waals surface area contributed by atoms with E-state index in [1.165, 1.54) is 0 Å². The first-order valence-electron chi connectivity index (χ1n) is 3.92. The fourth-order valence-corrected chi connectivity index (χ4v) is 0.784. The van der Waals surface area contributed by atoms with Gasteiger partial charge in [-0.1, -0.05) is 11.6 Å². The van der Waals surface area contributed by atoms with Gasteiger partial charge in [0.1, 0.15) is 6.10 Å². The summed E-state index contributed by atoms with van der Waals surface area (Å²) >= 11 is 5.67. The summed E-state index contributed by atoms with van der Waals surface area (Å²) in [5.74, 6) is 0.560. The van der Waals surface area contributed by atoms with Crippen LogP contribution in [0.4, 0.5) is 0 Å². The molecule has 0 saturated heterocycles. The Morgan fingerprint density at radius 2 is 2.00 bits per heavy atom. The van der Waals surface area contributed by atoms with Gasteiger partial charge in [-0.3, -0.25) is 0 Å². The quantitative estimate of drug-likeness (QED) is 0.600. The normalized spacial score (nSPS) is 12.5. The summed E-state index contributed by atoms with van der Waals surface area (Å²) < 4.78 is 0. The maximum atomic E-state index is 8.63. The van der Waals surface area contributed by atoms with Crippen molar-refractivity contribution in [2.45, 2.75) is 13.0 Å². The van der Waals surface area contributed by atoms with E-state index in [9.17, 15) is 0 Å². The van der Waals surface area contributed by atoms with Crippen molar-refractivity contribution in [1.29, 1.82) is 0 Å². The number of aliphatic hydroxyl groups is 1. The number of aliphatic hydroxyl groups excluding tert-OH is 1. The lowest BCUT2D eigenvalue weighted by molar-refractivity contribution is -0.246. The highest BCUT2D eigenvalue weighted by atomic mass is 35.5. The highest BCUT2D eigenvalue weighted by Crippen LogP contribution is 2.15. The van der Waals surface area contributed by atoms with E-state index in [4.69, 9.17) is 26.5 Å². The monoisotopic (exact) mass is 202 g/mol. The number of benzene rings is 1. The predicted molar refractivity (Wildman–Crippen MR) is 49.7 cm³/mol. The lowest BCUT2D eigenvalue weighted by Gasteiger charge is -2.08. The third-order valence-corrected chi connectivity index (χ3v) is 1.63. The Balaban J connectivity index is 2.41. The number of hydrogen-bond donors (Lipinski definition) is 1. The van der Waals surface area contributed by atoms with Crippen molar-refractivity contribution in [1.82, 2.24) is 0 Å². The Labute approximate surface area is 81.8 Å². The Morgan fingerprint density at radius 3 is 2.54 bits per heavy atom. The van der Waals surface area contributed by atoms with Gasteiger partial charge in [-0.25, -0.2) is 0 Å². The highest BCUT2D eigenvalue weighted by Gasteiger charge is 2.01. The smallest absolute Gasteiger partial charge is 0.165 e. The van der Waals surface area contributed by atoms with Gasteiger partial charge >= 0.3 is 0 Å². The summed E-state index contributed by atoms with van der Waals surface area (Å²) in [5.41, 5.74) is 0. The van der Waals surface area contributed by atoms with Gasteiger partial charge < -0.3 is 9.99 Å². The summed E-state index contributed by atoms with van der Waals surface area (Å²) in [4.78, 5) is 9.72. The van der Waals surface area contributed by atoms with Gasteiger partial charge in [0.05, 0.1) is 6.61 Å². The molecule has 72 valence electrons. The summed E-state index contributed by atoms with van der Waals surface area (Å²) in [5, 5.41) is 9.27. The molecular weight excluding hydrogens is 192 g/mol. The molecule has 0 bridgehead atoms. The minimum Gasteiger partial charge on any atom is -0.394 e. The van der Waals surface area contributed by atoms with E-state index in [1.807, 2.05) is 0 Å². The average molecular weight is 203 g/mol. The van der Waals surface area contributed by atoms with E-state index in [1.54, 1.807) is 31.2 Å². The van der Waals surface area contributed by atoms with E-state index in [2.05, 4.69) is 0 Å². The molecule has 13 heavy (non-hydrogen) atoms. The predicted octanol–water partition coefficient (Wildman–Crippen LogP) is 2.03. The van der Waals surface area contributed by atoms with E-state index >= 15 is 0 Å². The molecule has 0 spiro atoms. The number of hydrogen-bond acceptors (Lipinski definition) is 3.